The van der Waals surface area contributed by atoms with E-state index in [9.17, 15) is 9.59 Å². The summed E-state index contributed by atoms with van der Waals surface area (Å²) in [6, 6.07) is 15.6. The van der Waals surface area contributed by atoms with Crippen molar-refractivity contribution in [3.63, 3.8) is 0 Å². The van der Waals surface area contributed by atoms with Crippen molar-refractivity contribution in [1.82, 2.24) is 0 Å². The predicted molar refractivity (Wildman–Crippen MR) is 144 cm³/mol. The molecular formula is C31H37NO5. The Labute approximate surface area is 219 Å². The topological polar surface area (TPSA) is 74.2 Å². The van der Waals surface area contributed by atoms with Crippen LogP contribution >= 0.6 is 0 Å². The summed E-state index contributed by atoms with van der Waals surface area (Å²) >= 11 is 0. The van der Waals surface area contributed by atoms with Gasteiger partial charge < -0.3 is 14.2 Å². The van der Waals surface area contributed by atoms with Crippen molar-refractivity contribution < 1.29 is 23.8 Å². The zero-order valence-corrected chi connectivity index (χ0v) is 22.5. The van der Waals surface area contributed by atoms with Crippen molar-refractivity contribution >= 4 is 17.5 Å². The number of allylic oxidation sites excluding steroid dienone is 2. The maximum Gasteiger partial charge on any atom is 0.315 e. The van der Waals surface area contributed by atoms with Gasteiger partial charge in [-0.25, -0.2) is 0 Å². The number of carbonyl (C=O) groups is 2. The van der Waals surface area contributed by atoms with E-state index in [4.69, 9.17) is 19.2 Å². The molecule has 0 fully saturated rings. The zero-order chi connectivity index (χ0) is 26.6. The highest BCUT2D eigenvalue weighted by Crippen LogP contribution is 2.49. The van der Waals surface area contributed by atoms with E-state index in [-0.39, 0.29) is 17.2 Å². The van der Waals surface area contributed by atoms with Gasteiger partial charge in [0.15, 0.2) is 17.3 Å². The van der Waals surface area contributed by atoms with Crippen LogP contribution in [0.2, 0.25) is 0 Å². The Morgan fingerprint density at radius 2 is 1.84 bits per heavy atom. The van der Waals surface area contributed by atoms with Gasteiger partial charge in [0.2, 0.25) is 0 Å². The molecule has 2 atom stereocenters. The van der Waals surface area contributed by atoms with Gasteiger partial charge in [0, 0.05) is 29.3 Å². The second-order valence-corrected chi connectivity index (χ2v) is 10.7. The van der Waals surface area contributed by atoms with Crippen molar-refractivity contribution in [3.8, 4) is 11.5 Å². The second-order valence-electron chi connectivity index (χ2n) is 10.7. The minimum atomic E-state index is -0.665. The van der Waals surface area contributed by atoms with E-state index >= 15 is 0 Å². The fraction of sp³-hybridized carbons (Fsp3) is 0.452. The molecule has 0 N–H and O–H groups in total. The third-order valence-electron chi connectivity index (χ3n) is 7.08. The van der Waals surface area contributed by atoms with Gasteiger partial charge in [-0.2, -0.15) is 0 Å². The summed E-state index contributed by atoms with van der Waals surface area (Å²) in [6.45, 7) is 8.85. The third kappa shape index (κ3) is 5.95. The Balaban J connectivity index is 1.72. The van der Waals surface area contributed by atoms with Gasteiger partial charge in [0.1, 0.15) is 12.5 Å². The lowest BCUT2D eigenvalue weighted by Gasteiger charge is -2.39. The summed E-state index contributed by atoms with van der Waals surface area (Å²) in [5.74, 6) is -0.292. The molecule has 1 aliphatic carbocycles. The largest absolute Gasteiger partial charge is 0.493 e. The Bertz CT molecular complexity index is 1210. The van der Waals surface area contributed by atoms with Gasteiger partial charge in [0.05, 0.1) is 13.7 Å². The number of carbonyl (C=O) groups excluding carboxylic acids is 2. The minimum absolute atomic E-state index is 0.0437. The van der Waals surface area contributed by atoms with Gasteiger partial charge in [-0.15, -0.1) is 0 Å². The van der Waals surface area contributed by atoms with Crippen molar-refractivity contribution in [1.29, 1.82) is 0 Å². The number of ether oxygens (including phenoxy) is 3. The van der Waals surface area contributed by atoms with Crippen LogP contribution in [0.1, 0.15) is 70.4 Å². The van der Waals surface area contributed by atoms with Gasteiger partial charge in [0.25, 0.3) is 0 Å². The van der Waals surface area contributed by atoms with Crippen molar-refractivity contribution in [2.24, 2.45) is 16.3 Å². The van der Waals surface area contributed by atoms with Crippen LogP contribution in [0, 0.1) is 11.3 Å². The molecular weight excluding hydrogens is 466 g/mol. The lowest BCUT2D eigenvalue weighted by molar-refractivity contribution is -0.146. The van der Waals surface area contributed by atoms with E-state index < -0.39 is 11.8 Å². The van der Waals surface area contributed by atoms with Crippen LogP contribution in [-0.2, 0) is 20.9 Å². The number of nitrogens with zero attached hydrogens (tertiary/aromatic N) is 1. The smallest absolute Gasteiger partial charge is 0.315 e. The molecule has 1 unspecified atom stereocenters. The van der Waals surface area contributed by atoms with Crippen LogP contribution in [0.25, 0.3) is 0 Å². The summed E-state index contributed by atoms with van der Waals surface area (Å²) in [5.41, 5.74) is 3.78. The highest BCUT2D eigenvalue weighted by atomic mass is 16.5. The Kier molecular flexibility index (Phi) is 8.16. The molecule has 0 bridgehead atoms. The normalized spacial score (nSPS) is 20.7. The van der Waals surface area contributed by atoms with E-state index in [0.29, 0.717) is 48.8 Å². The van der Waals surface area contributed by atoms with E-state index in [1.807, 2.05) is 55.5 Å². The van der Waals surface area contributed by atoms with E-state index in [0.717, 1.165) is 29.7 Å². The molecule has 2 aliphatic rings. The molecule has 6 nitrogen and oxygen atoms in total. The fourth-order valence-electron chi connectivity index (χ4n) is 5.25. The van der Waals surface area contributed by atoms with Gasteiger partial charge >= 0.3 is 5.97 Å². The fourth-order valence-corrected chi connectivity index (χ4v) is 5.25. The number of benzene rings is 2. The van der Waals surface area contributed by atoms with Crippen LogP contribution in [-0.4, -0.2) is 31.2 Å². The van der Waals surface area contributed by atoms with Crippen LogP contribution in [0.4, 0.5) is 0 Å². The minimum Gasteiger partial charge on any atom is -0.493 e. The molecule has 1 aliphatic heterocycles. The highest BCUT2D eigenvalue weighted by molar-refractivity contribution is 6.09. The van der Waals surface area contributed by atoms with Crippen LogP contribution in [0.15, 0.2) is 64.8 Å². The highest BCUT2D eigenvalue weighted by Gasteiger charge is 2.46. The van der Waals surface area contributed by atoms with Crippen LogP contribution in [0.5, 0.6) is 11.5 Å². The molecule has 37 heavy (non-hydrogen) atoms. The zero-order valence-electron chi connectivity index (χ0n) is 22.5. The van der Waals surface area contributed by atoms with E-state index in [1.165, 1.54) is 0 Å². The molecule has 0 spiro atoms. The number of methoxy groups -OCH3 is 1. The van der Waals surface area contributed by atoms with Crippen molar-refractivity contribution in [2.75, 3.05) is 13.7 Å². The number of rotatable bonds is 9. The Morgan fingerprint density at radius 1 is 1.08 bits per heavy atom. The lowest BCUT2D eigenvalue weighted by atomic mass is 9.67. The maximum atomic E-state index is 13.5. The molecule has 0 amide bonds. The first-order valence-corrected chi connectivity index (χ1v) is 13.1. The first-order valence-electron chi connectivity index (χ1n) is 13.1. The molecule has 4 rings (SSSR count). The monoisotopic (exact) mass is 503 g/mol. The maximum absolute atomic E-state index is 13.5. The summed E-state index contributed by atoms with van der Waals surface area (Å²) in [4.78, 5) is 31.7. The summed E-state index contributed by atoms with van der Waals surface area (Å²) in [5, 5.41) is 0. The van der Waals surface area contributed by atoms with Crippen LogP contribution < -0.4 is 9.47 Å². The first-order chi connectivity index (χ1) is 17.7. The lowest BCUT2D eigenvalue weighted by Crippen LogP contribution is -2.39. The van der Waals surface area contributed by atoms with Crippen LogP contribution in [0.3, 0.4) is 0 Å². The molecule has 2 aromatic rings. The van der Waals surface area contributed by atoms with Gasteiger partial charge in [-0.3, -0.25) is 14.6 Å². The molecule has 0 radical (unpaired) electrons. The summed E-state index contributed by atoms with van der Waals surface area (Å²) in [6.07, 6.45) is 2.83. The van der Waals surface area contributed by atoms with Crippen molar-refractivity contribution in [3.05, 3.63) is 70.9 Å². The Hall–Kier alpha value is -3.41. The SMILES string of the molecule is CCCCOC(=O)C1C(C)=NC2=C(C(=O)CC(C)(C)C2)[C@H]1c1ccc(OCc2ccccc2)c(OC)c1. The standard InChI is InChI=1S/C31H37NO5/c1-6-7-15-36-30(34)27-20(2)32-23-17-31(3,4)18-24(33)29(23)28(27)22-13-14-25(26(16-22)35-5)37-19-21-11-9-8-10-12-21/h8-14,16,27-28H,6-7,15,17-19H2,1-5H3/t27?,28-/m0/s1. The second kappa shape index (κ2) is 11.3. The molecule has 1 heterocycles. The van der Waals surface area contributed by atoms with Gasteiger partial charge in [-0.1, -0.05) is 63.6 Å². The summed E-state index contributed by atoms with van der Waals surface area (Å²) in [7, 11) is 1.59. The molecule has 0 aromatic heterocycles. The predicted octanol–water partition coefficient (Wildman–Crippen LogP) is 6.44. The number of esters is 1. The molecule has 2 aromatic carbocycles. The third-order valence-corrected chi connectivity index (χ3v) is 7.08. The number of unbranched alkanes of at least 4 members (excludes halogenated alkanes) is 1. The number of hydrogen-bond donors (Lipinski definition) is 0. The van der Waals surface area contributed by atoms with E-state index in [2.05, 4.69) is 20.8 Å². The quantitative estimate of drug-likeness (QED) is 0.291. The number of ketones is 1. The average Bonchev–Trinajstić information content (AvgIpc) is 2.86. The molecule has 196 valence electrons. The molecule has 0 saturated carbocycles. The first kappa shape index (κ1) is 26.6. The number of aliphatic imine (C=N–C) groups is 1. The number of Topliss-reactive ketones (excluding diaryl/α,β-unsaturated/α-hetero) is 1. The molecule has 0 saturated heterocycles. The summed E-state index contributed by atoms with van der Waals surface area (Å²) < 4.78 is 17.4. The van der Waals surface area contributed by atoms with Gasteiger partial charge in [-0.05, 0) is 48.4 Å². The Morgan fingerprint density at radius 3 is 2.54 bits per heavy atom. The van der Waals surface area contributed by atoms with Crippen molar-refractivity contribution in [2.45, 2.75) is 65.9 Å². The molecule has 6 heteroatoms. The number of hydrogen-bond acceptors (Lipinski definition) is 6. The van der Waals surface area contributed by atoms with E-state index in [1.54, 1.807) is 7.11 Å². The average molecular weight is 504 g/mol.